The molecule has 0 unspecified atom stereocenters. The molecular formula is C21H21BrN2. The maximum Gasteiger partial charge on any atom is 0.0360 e. The lowest BCUT2D eigenvalue weighted by molar-refractivity contribution is 0.248. The van der Waals surface area contributed by atoms with Gasteiger partial charge in [-0.1, -0.05) is 76.6 Å². The molecule has 0 amide bonds. The van der Waals surface area contributed by atoms with Crippen molar-refractivity contribution in [3.05, 3.63) is 100 Å². The van der Waals surface area contributed by atoms with E-state index < -0.39 is 0 Å². The summed E-state index contributed by atoms with van der Waals surface area (Å²) in [4.78, 5) is 2.42. The summed E-state index contributed by atoms with van der Waals surface area (Å²) in [5.41, 5.74) is 10.8. The molecule has 0 fully saturated rings. The highest BCUT2D eigenvalue weighted by Crippen LogP contribution is 2.22. The third kappa shape index (κ3) is 4.70. The number of nitrogen functional groups attached to an aromatic ring is 1. The Bertz CT molecular complexity index is 731. The highest BCUT2D eigenvalue weighted by atomic mass is 79.9. The van der Waals surface area contributed by atoms with E-state index in [9.17, 15) is 0 Å². The number of nitrogens with two attached hydrogens (primary N) is 1. The Balaban J connectivity index is 1.82. The standard InChI is InChI=1S/C21H21BrN2/c22-20-11-12-21(23)19(13-20)16-24(14-17-7-3-1-4-8-17)15-18-9-5-2-6-10-18/h1-13H,14-16,23H2. The summed E-state index contributed by atoms with van der Waals surface area (Å²) in [5.74, 6) is 0. The zero-order valence-electron chi connectivity index (χ0n) is 13.5. The van der Waals surface area contributed by atoms with Gasteiger partial charge in [-0.05, 0) is 34.9 Å². The van der Waals surface area contributed by atoms with E-state index in [-0.39, 0.29) is 0 Å². The molecule has 3 heteroatoms. The molecule has 0 aliphatic rings. The number of anilines is 1. The number of rotatable bonds is 6. The van der Waals surface area contributed by atoms with Crippen LogP contribution < -0.4 is 5.73 Å². The summed E-state index contributed by atoms with van der Waals surface area (Å²) >= 11 is 3.55. The normalized spacial score (nSPS) is 10.9. The Kier molecular flexibility index (Phi) is 5.68. The number of benzene rings is 3. The summed E-state index contributed by atoms with van der Waals surface area (Å²) in [6, 6.07) is 27.2. The second-order valence-electron chi connectivity index (χ2n) is 5.96. The maximum absolute atomic E-state index is 6.18. The lowest BCUT2D eigenvalue weighted by Crippen LogP contribution is -2.23. The molecule has 0 radical (unpaired) electrons. The Hall–Kier alpha value is -2.10. The molecule has 2 nitrogen and oxygen atoms in total. The van der Waals surface area contributed by atoms with Gasteiger partial charge in [0.05, 0.1) is 0 Å². The van der Waals surface area contributed by atoms with Gasteiger partial charge in [-0.25, -0.2) is 0 Å². The second kappa shape index (κ2) is 8.13. The molecule has 0 saturated carbocycles. The molecule has 0 aliphatic carbocycles. The highest BCUT2D eigenvalue weighted by molar-refractivity contribution is 9.10. The van der Waals surface area contributed by atoms with Crippen LogP contribution in [0.25, 0.3) is 0 Å². The molecule has 0 bridgehead atoms. The molecule has 2 N–H and O–H groups in total. The van der Waals surface area contributed by atoms with E-state index in [1.807, 2.05) is 12.1 Å². The van der Waals surface area contributed by atoms with Crippen molar-refractivity contribution < 1.29 is 0 Å². The molecule has 0 aliphatic heterocycles. The highest BCUT2D eigenvalue weighted by Gasteiger charge is 2.10. The Labute approximate surface area is 152 Å². The third-order valence-electron chi connectivity index (χ3n) is 4.00. The SMILES string of the molecule is Nc1ccc(Br)cc1CN(Cc1ccccc1)Cc1ccccc1. The molecule has 0 atom stereocenters. The van der Waals surface area contributed by atoms with E-state index >= 15 is 0 Å². The van der Waals surface area contributed by atoms with E-state index in [1.54, 1.807) is 0 Å². The largest absolute Gasteiger partial charge is 0.398 e. The van der Waals surface area contributed by atoms with Crippen LogP contribution in [-0.4, -0.2) is 4.90 Å². The summed E-state index contributed by atoms with van der Waals surface area (Å²) in [5, 5.41) is 0. The predicted molar refractivity (Wildman–Crippen MR) is 104 cm³/mol. The van der Waals surface area contributed by atoms with Gasteiger partial charge in [0.2, 0.25) is 0 Å². The van der Waals surface area contributed by atoms with Crippen molar-refractivity contribution in [2.45, 2.75) is 19.6 Å². The zero-order chi connectivity index (χ0) is 16.8. The molecule has 0 spiro atoms. The van der Waals surface area contributed by atoms with Gasteiger partial charge in [0, 0.05) is 29.8 Å². The van der Waals surface area contributed by atoms with Crippen molar-refractivity contribution in [3.63, 3.8) is 0 Å². The number of hydrogen-bond donors (Lipinski definition) is 1. The Morgan fingerprint density at radius 2 is 1.25 bits per heavy atom. The van der Waals surface area contributed by atoms with Gasteiger partial charge in [0.1, 0.15) is 0 Å². The summed E-state index contributed by atoms with van der Waals surface area (Å²) < 4.78 is 1.06. The van der Waals surface area contributed by atoms with Crippen LogP contribution in [0, 0.1) is 0 Å². The van der Waals surface area contributed by atoms with Gasteiger partial charge in [0.15, 0.2) is 0 Å². The van der Waals surface area contributed by atoms with Gasteiger partial charge >= 0.3 is 0 Å². The van der Waals surface area contributed by atoms with Gasteiger partial charge in [-0.15, -0.1) is 0 Å². The van der Waals surface area contributed by atoms with Crippen molar-refractivity contribution >= 4 is 21.6 Å². The smallest absolute Gasteiger partial charge is 0.0360 e. The fourth-order valence-corrected chi connectivity index (χ4v) is 3.21. The summed E-state index contributed by atoms with van der Waals surface area (Å²) in [6.45, 7) is 2.60. The van der Waals surface area contributed by atoms with Gasteiger partial charge in [0.25, 0.3) is 0 Å². The summed E-state index contributed by atoms with van der Waals surface area (Å²) in [6.07, 6.45) is 0. The first-order chi connectivity index (χ1) is 11.7. The second-order valence-corrected chi connectivity index (χ2v) is 6.88. The van der Waals surface area contributed by atoms with E-state index in [0.29, 0.717) is 0 Å². The topological polar surface area (TPSA) is 29.3 Å². The van der Waals surface area contributed by atoms with E-state index in [4.69, 9.17) is 5.73 Å². The molecular weight excluding hydrogens is 360 g/mol. The van der Waals surface area contributed by atoms with Crippen LogP contribution in [0.5, 0.6) is 0 Å². The van der Waals surface area contributed by atoms with E-state index in [0.717, 1.165) is 35.4 Å². The summed E-state index contributed by atoms with van der Waals surface area (Å²) in [7, 11) is 0. The van der Waals surface area contributed by atoms with Crippen LogP contribution in [0.2, 0.25) is 0 Å². The maximum atomic E-state index is 6.18. The van der Waals surface area contributed by atoms with Gasteiger partial charge < -0.3 is 5.73 Å². The minimum Gasteiger partial charge on any atom is -0.398 e. The Morgan fingerprint density at radius 3 is 1.79 bits per heavy atom. The lowest BCUT2D eigenvalue weighted by atomic mass is 10.1. The van der Waals surface area contributed by atoms with Crippen LogP contribution in [0.4, 0.5) is 5.69 Å². The third-order valence-corrected chi connectivity index (χ3v) is 4.49. The first-order valence-corrected chi connectivity index (χ1v) is 8.84. The molecule has 0 saturated heterocycles. The van der Waals surface area contributed by atoms with Gasteiger partial charge in [-0.3, -0.25) is 4.90 Å². The minimum atomic E-state index is 0.815. The van der Waals surface area contributed by atoms with Crippen molar-refractivity contribution in [2.75, 3.05) is 5.73 Å². The number of halogens is 1. The van der Waals surface area contributed by atoms with E-state index in [2.05, 4.69) is 87.6 Å². The lowest BCUT2D eigenvalue weighted by Gasteiger charge is -2.23. The van der Waals surface area contributed by atoms with E-state index in [1.165, 1.54) is 11.1 Å². The average Bonchev–Trinajstić information content (AvgIpc) is 2.60. The average molecular weight is 381 g/mol. The van der Waals surface area contributed by atoms with Crippen LogP contribution in [0.3, 0.4) is 0 Å². The quantitative estimate of drug-likeness (QED) is 0.592. The molecule has 24 heavy (non-hydrogen) atoms. The predicted octanol–water partition coefficient (Wildman–Crippen LogP) is 5.23. The minimum absolute atomic E-state index is 0.815. The molecule has 3 aromatic rings. The Morgan fingerprint density at radius 1 is 0.708 bits per heavy atom. The zero-order valence-corrected chi connectivity index (χ0v) is 15.1. The monoisotopic (exact) mass is 380 g/mol. The molecule has 3 aromatic carbocycles. The van der Waals surface area contributed by atoms with Gasteiger partial charge in [-0.2, -0.15) is 0 Å². The molecule has 0 aromatic heterocycles. The van der Waals surface area contributed by atoms with Crippen LogP contribution in [-0.2, 0) is 19.6 Å². The van der Waals surface area contributed by atoms with Crippen LogP contribution in [0.15, 0.2) is 83.3 Å². The first kappa shape index (κ1) is 16.7. The molecule has 3 rings (SSSR count). The van der Waals surface area contributed by atoms with Crippen molar-refractivity contribution in [1.82, 2.24) is 4.90 Å². The number of nitrogens with zero attached hydrogens (tertiary/aromatic N) is 1. The molecule has 122 valence electrons. The van der Waals surface area contributed by atoms with Crippen LogP contribution >= 0.6 is 15.9 Å². The fraction of sp³-hybridized carbons (Fsp3) is 0.143. The first-order valence-electron chi connectivity index (χ1n) is 8.05. The molecule has 0 heterocycles. The van der Waals surface area contributed by atoms with Crippen molar-refractivity contribution in [1.29, 1.82) is 0 Å². The fourth-order valence-electron chi connectivity index (χ4n) is 2.80. The van der Waals surface area contributed by atoms with Crippen LogP contribution in [0.1, 0.15) is 16.7 Å². The van der Waals surface area contributed by atoms with Crippen molar-refractivity contribution in [2.24, 2.45) is 0 Å². The number of hydrogen-bond acceptors (Lipinski definition) is 2. The van der Waals surface area contributed by atoms with Crippen molar-refractivity contribution in [3.8, 4) is 0 Å².